The first kappa shape index (κ1) is 15.2. The van der Waals surface area contributed by atoms with Crippen LogP contribution in [0.5, 0.6) is 0 Å². The summed E-state index contributed by atoms with van der Waals surface area (Å²) in [5, 5.41) is 2.49. The molecule has 0 saturated carbocycles. The van der Waals surface area contributed by atoms with E-state index in [0.29, 0.717) is 13.0 Å². The van der Waals surface area contributed by atoms with Gasteiger partial charge in [0.2, 0.25) is 5.91 Å². The zero-order chi connectivity index (χ0) is 14.3. The van der Waals surface area contributed by atoms with Gasteiger partial charge in [0.1, 0.15) is 6.54 Å². The number of esters is 1. The highest BCUT2D eigenvalue weighted by Gasteiger charge is 2.28. The van der Waals surface area contributed by atoms with E-state index in [2.05, 4.69) is 5.32 Å². The van der Waals surface area contributed by atoms with Crippen molar-refractivity contribution < 1.29 is 14.3 Å². The Morgan fingerprint density at radius 2 is 1.95 bits per heavy atom. The van der Waals surface area contributed by atoms with Crippen LogP contribution in [0.15, 0.2) is 30.3 Å². The second kappa shape index (κ2) is 6.89. The van der Waals surface area contributed by atoms with E-state index in [1.807, 2.05) is 30.3 Å². The molecule has 1 amide bonds. The Balaban J connectivity index is 2.52. The molecule has 0 saturated heterocycles. The van der Waals surface area contributed by atoms with Crippen molar-refractivity contribution in [2.24, 2.45) is 5.73 Å². The maximum Gasteiger partial charge on any atom is 0.325 e. The molecule has 5 nitrogen and oxygen atoms in total. The number of hydrogen-bond donors (Lipinski definition) is 2. The molecule has 104 valence electrons. The van der Waals surface area contributed by atoms with E-state index < -0.39 is 11.5 Å². The van der Waals surface area contributed by atoms with Crippen LogP contribution in [0.25, 0.3) is 0 Å². The normalized spacial score (nSPS) is 13.4. The fourth-order valence-corrected chi connectivity index (χ4v) is 1.67. The Morgan fingerprint density at radius 1 is 1.32 bits per heavy atom. The fraction of sp³-hybridized carbons (Fsp3) is 0.429. The lowest BCUT2D eigenvalue weighted by Gasteiger charge is -2.23. The predicted molar refractivity (Wildman–Crippen MR) is 72.4 cm³/mol. The maximum atomic E-state index is 11.9. The van der Waals surface area contributed by atoms with Gasteiger partial charge < -0.3 is 15.8 Å². The number of hydrogen-bond acceptors (Lipinski definition) is 4. The summed E-state index contributed by atoms with van der Waals surface area (Å²) in [5.41, 5.74) is 5.90. The maximum absolute atomic E-state index is 11.9. The molecule has 0 aliphatic rings. The van der Waals surface area contributed by atoms with Crippen molar-refractivity contribution in [3.05, 3.63) is 35.9 Å². The van der Waals surface area contributed by atoms with Gasteiger partial charge in [0, 0.05) is 0 Å². The SMILES string of the molecule is CCOC(=O)CNC(=O)[C@](C)(N)Cc1ccccc1. The van der Waals surface area contributed by atoms with Crippen LogP contribution >= 0.6 is 0 Å². The fourth-order valence-electron chi connectivity index (χ4n) is 1.67. The van der Waals surface area contributed by atoms with Crippen molar-refractivity contribution >= 4 is 11.9 Å². The van der Waals surface area contributed by atoms with Crippen molar-refractivity contribution in [2.45, 2.75) is 25.8 Å². The lowest BCUT2D eigenvalue weighted by atomic mass is 9.93. The predicted octanol–water partition coefficient (Wildman–Crippen LogP) is 0.626. The summed E-state index contributed by atoms with van der Waals surface area (Å²) in [6.07, 6.45) is 0.405. The van der Waals surface area contributed by atoms with E-state index in [9.17, 15) is 9.59 Å². The van der Waals surface area contributed by atoms with Crippen LogP contribution in [-0.4, -0.2) is 30.6 Å². The van der Waals surface area contributed by atoms with Gasteiger partial charge in [0.05, 0.1) is 12.1 Å². The molecule has 5 heteroatoms. The third kappa shape index (κ3) is 5.09. The van der Waals surface area contributed by atoms with Crippen molar-refractivity contribution in [1.82, 2.24) is 5.32 Å². The van der Waals surface area contributed by atoms with E-state index >= 15 is 0 Å². The number of nitrogens with one attached hydrogen (secondary N) is 1. The van der Waals surface area contributed by atoms with Gasteiger partial charge in [0.15, 0.2) is 0 Å². The van der Waals surface area contributed by atoms with Crippen LogP contribution < -0.4 is 11.1 Å². The average Bonchev–Trinajstić information content (AvgIpc) is 2.37. The molecule has 0 fully saturated rings. The summed E-state index contributed by atoms with van der Waals surface area (Å²) in [7, 11) is 0. The Kier molecular flexibility index (Phi) is 5.51. The lowest BCUT2D eigenvalue weighted by Crippen LogP contribution is -2.54. The minimum atomic E-state index is -1.06. The van der Waals surface area contributed by atoms with Gasteiger partial charge in [-0.25, -0.2) is 0 Å². The molecule has 0 aliphatic heterocycles. The first-order chi connectivity index (χ1) is 8.95. The Labute approximate surface area is 113 Å². The summed E-state index contributed by atoms with van der Waals surface area (Å²) in [6, 6.07) is 9.50. The van der Waals surface area contributed by atoms with Crippen LogP contribution in [0.2, 0.25) is 0 Å². The van der Waals surface area contributed by atoms with Gasteiger partial charge in [-0.1, -0.05) is 30.3 Å². The Bertz CT molecular complexity index is 430. The number of nitrogens with two attached hydrogens (primary N) is 1. The standard InChI is InChI=1S/C14H20N2O3/c1-3-19-12(17)10-16-13(18)14(2,15)9-11-7-5-4-6-8-11/h4-8H,3,9-10,15H2,1-2H3,(H,16,18)/t14-/m1/s1. The quantitative estimate of drug-likeness (QED) is 0.738. The lowest BCUT2D eigenvalue weighted by molar-refractivity contribution is -0.143. The molecule has 1 aromatic rings. The third-order valence-corrected chi connectivity index (χ3v) is 2.63. The molecule has 1 rings (SSSR count). The Hall–Kier alpha value is -1.88. The first-order valence-electron chi connectivity index (χ1n) is 6.22. The number of benzene rings is 1. The highest BCUT2D eigenvalue weighted by atomic mass is 16.5. The topological polar surface area (TPSA) is 81.4 Å². The Morgan fingerprint density at radius 3 is 2.53 bits per heavy atom. The second-order valence-corrected chi connectivity index (χ2v) is 4.57. The van der Waals surface area contributed by atoms with E-state index in [1.165, 1.54) is 0 Å². The number of ether oxygens (including phenoxy) is 1. The van der Waals surface area contributed by atoms with Gasteiger partial charge in [-0.05, 0) is 25.8 Å². The molecule has 1 atom stereocenters. The molecule has 0 aromatic heterocycles. The zero-order valence-electron chi connectivity index (χ0n) is 11.3. The second-order valence-electron chi connectivity index (χ2n) is 4.57. The molecule has 0 radical (unpaired) electrons. The zero-order valence-corrected chi connectivity index (χ0v) is 11.3. The molecule has 19 heavy (non-hydrogen) atoms. The number of carbonyl (C=O) groups is 2. The monoisotopic (exact) mass is 264 g/mol. The molecule has 0 heterocycles. The highest BCUT2D eigenvalue weighted by Crippen LogP contribution is 2.10. The van der Waals surface area contributed by atoms with Gasteiger partial charge in [-0.3, -0.25) is 9.59 Å². The van der Waals surface area contributed by atoms with Crippen LogP contribution in [0.3, 0.4) is 0 Å². The minimum Gasteiger partial charge on any atom is -0.465 e. The third-order valence-electron chi connectivity index (χ3n) is 2.63. The summed E-state index contributed by atoms with van der Waals surface area (Å²) in [5.74, 6) is -0.837. The smallest absolute Gasteiger partial charge is 0.325 e. The molecule has 0 bridgehead atoms. The molecule has 3 N–H and O–H groups in total. The molecule has 0 unspecified atom stereocenters. The summed E-state index contributed by atoms with van der Waals surface area (Å²) in [6.45, 7) is 3.48. The molecule has 1 aromatic carbocycles. The van der Waals surface area contributed by atoms with Gasteiger partial charge in [-0.2, -0.15) is 0 Å². The van der Waals surface area contributed by atoms with E-state index in [4.69, 9.17) is 10.5 Å². The van der Waals surface area contributed by atoms with Gasteiger partial charge in [0.25, 0.3) is 0 Å². The largest absolute Gasteiger partial charge is 0.465 e. The van der Waals surface area contributed by atoms with Crippen molar-refractivity contribution in [3.8, 4) is 0 Å². The van der Waals surface area contributed by atoms with Crippen LogP contribution in [-0.2, 0) is 20.7 Å². The van der Waals surface area contributed by atoms with E-state index in [0.717, 1.165) is 5.56 Å². The van der Waals surface area contributed by atoms with Crippen molar-refractivity contribution in [3.63, 3.8) is 0 Å². The van der Waals surface area contributed by atoms with E-state index in [1.54, 1.807) is 13.8 Å². The van der Waals surface area contributed by atoms with Crippen LogP contribution in [0, 0.1) is 0 Å². The molecule has 0 spiro atoms. The summed E-state index contributed by atoms with van der Waals surface area (Å²) < 4.78 is 4.73. The number of rotatable bonds is 6. The van der Waals surface area contributed by atoms with E-state index in [-0.39, 0.29) is 12.5 Å². The number of amides is 1. The van der Waals surface area contributed by atoms with Crippen molar-refractivity contribution in [1.29, 1.82) is 0 Å². The van der Waals surface area contributed by atoms with Crippen LogP contribution in [0.1, 0.15) is 19.4 Å². The molecular formula is C14H20N2O3. The number of carbonyl (C=O) groups excluding carboxylic acids is 2. The van der Waals surface area contributed by atoms with Gasteiger partial charge >= 0.3 is 5.97 Å². The van der Waals surface area contributed by atoms with Crippen LogP contribution in [0.4, 0.5) is 0 Å². The summed E-state index contributed by atoms with van der Waals surface area (Å²) >= 11 is 0. The highest BCUT2D eigenvalue weighted by molar-refractivity contribution is 5.88. The summed E-state index contributed by atoms with van der Waals surface area (Å²) in [4.78, 5) is 23.1. The van der Waals surface area contributed by atoms with Crippen molar-refractivity contribution in [2.75, 3.05) is 13.2 Å². The average molecular weight is 264 g/mol. The molecule has 0 aliphatic carbocycles. The first-order valence-corrected chi connectivity index (χ1v) is 6.22. The molecular weight excluding hydrogens is 244 g/mol. The van der Waals surface area contributed by atoms with Gasteiger partial charge in [-0.15, -0.1) is 0 Å². The minimum absolute atomic E-state index is 0.158.